The molecule has 1 aliphatic carbocycles. The highest BCUT2D eigenvalue weighted by molar-refractivity contribution is 6.53. The van der Waals surface area contributed by atoms with Crippen LogP contribution in [0.25, 0.3) is 0 Å². The van der Waals surface area contributed by atoms with Crippen LogP contribution in [0.1, 0.15) is 18.9 Å². The summed E-state index contributed by atoms with van der Waals surface area (Å²) >= 11 is 11.7. The number of hydrogen-bond acceptors (Lipinski definition) is 3. The summed E-state index contributed by atoms with van der Waals surface area (Å²) in [6, 6.07) is 9.80. The van der Waals surface area contributed by atoms with Crippen molar-refractivity contribution in [2.24, 2.45) is 5.41 Å². The number of benzene rings is 1. The van der Waals surface area contributed by atoms with Crippen LogP contribution in [0.5, 0.6) is 0 Å². The third-order valence-corrected chi connectivity index (χ3v) is 4.72. The zero-order chi connectivity index (χ0) is 15.5. The lowest BCUT2D eigenvalue weighted by atomic mass is 10.1. The summed E-state index contributed by atoms with van der Waals surface area (Å²) in [7, 11) is 0. The van der Waals surface area contributed by atoms with Crippen molar-refractivity contribution < 1.29 is 14.3 Å². The lowest BCUT2D eigenvalue weighted by molar-refractivity contribution is -0.153. The van der Waals surface area contributed by atoms with Gasteiger partial charge in [-0.1, -0.05) is 30.3 Å². The van der Waals surface area contributed by atoms with Crippen molar-refractivity contribution >= 4 is 35.1 Å². The van der Waals surface area contributed by atoms with Gasteiger partial charge in [0.2, 0.25) is 0 Å². The van der Waals surface area contributed by atoms with E-state index in [9.17, 15) is 9.59 Å². The number of ether oxygens (including phenoxy) is 1. The van der Waals surface area contributed by atoms with Gasteiger partial charge in [-0.15, -0.1) is 23.2 Å². The van der Waals surface area contributed by atoms with Crippen molar-refractivity contribution in [1.29, 1.82) is 0 Å². The highest BCUT2D eigenvalue weighted by atomic mass is 35.5. The molecule has 2 rings (SSSR count). The van der Waals surface area contributed by atoms with Crippen molar-refractivity contribution in [1.82, 2.24) is 5.32 Å². The second-order valence-corrected chi connectivity index (χ2v) is 6.86. The van der Waals surface area contributed by atoms with Crippen LogP contribution in [0.3, 0.4) is 0 Å². The molecule has 4 nitrogen and oxygen atoms in total. The van der Waals surface area contributed by atoms with Crippen LogP contribution in [-0.2, 0) is 20.7 Å². The summed E-state index contributed by atoms with van der Waals surface area (Å²) in [6.07, 6.45) is 1.07. The minimum Gasteiger partial charge on any atom is -0.455 e. The van der Waals surface area contributed by atoms with E-state index in [4.69, 9.17) is 27.9 Å². The largest absolute Gasteiger partial charge is 0.455 e. The zero-order valence-electron chi connectivity index (χ0n) is 11.7. The van der Waals surface area contributed by atoms with Crippen molar-refractivity contribution in [3.05, 3.63) is 35.9 Å². The standard InChI is InChI=1S/C15H17Cl2NO3/c1-14(10-15(14,16)17)13(20)21-9-12(19)18-8-7-11-5-3-2-4-6-11/h2-6H,7-10H2,1H3,(H,18,19)/t14-/m1/s1. The molecule has 1 aromatic carbocycles. The van der Waals surface area contributed by atoms with Crippen LogP contribution in [0.15, 0.2) is 30.3 Å². The fraction of sp³-hybridized carbons (Fsp3) is 0.467. The summed E-state index contributed by atoms with van der Waals surface area (Å²) < 4.78 is 3.87. The molecule has 0 bridgehead atoms. The summed E-state index contributed by atoms with van der Waals surface area (Å²) in [5.74, 6) is -0.871. The van der Waals surface area contributed by atoms with E-state index < -0.39 is 15.7 Å². The van der Waals surface area contributed by atoms with Crippen LogP contribution in [0.4, 0.5) is 0 Å². The maximum absolute atomic E-state index is 11.8. The minimum absolute atomic E-state index is 0.312. The van der Waals surface area contributed by atoms with Crippen molar-refractivity contribution in [2.45, 2.75) is 24.1 Å². The van der Waals surface area contributed by atoms with Crippen LogP contribution in [0.2, 0.25) is 0 Å². The first-order valence-corrected chi connectivity index (χ1v) is 7.46. The van der Waals surface area contributed by atoms with E-state index in [-0.39, 0.29) is 12.5 Å². The topological polar surface area (TPSA) is 55.4 Å². The molecule has 0 aromatic heterocycles. The van der Waals surface area contributed by atoms with Gasteiger partial charge in [-0.2, -0.15) is 0 Å². The minimum atomic E-state index is -1.08. The van der Waals surface area contributed by atoms with E-state index in [1.807, 2.05) is 30.3 Å². The Labute approximate surface area is 133 Å². The van der Waals surface area contributed by atoms with E-state index >= 15 is 0 Å². The fourth-order valence-electron chi connectivity index (χ4n) is 1.95. The number of alkyl halides is 2. The first-order valence-electron chi connectivity index (χ1n) is 6.71. The quantitative estimate of drug-likeness (QED) is 0.644. The molecule has 0 aliphatic heterocycles. The Morgan fingerprint density at radius 1 is 1.29 bits per heavy atom. The van der Waals surface area contributed by atoms with Gasteiger partial charge in [0.25, 0.3) is 5.91 Å². The molecule has 1 aromatic rings. The van der Waals surface area contributed by atoms with Crippen molar-refractivity contribution in [2.75, 3.05) is 13.2 Å². The Bertz CT molecular complexity index is 533. The molecule has 1 fully saturated rings. The Hall–Kier alpha value is -1.26. The average molecular weight is 330 g/mol. The van der Waals surface area contributed by atoms with Gasteiger partial charge in [-0.25, -0.2) is 0 Å². The average Bonchev–Trinajstić information content (AvgIpc) is 2.97. The Morgan fingerprint density at radius 2 is 1.90 bits per heavy atom. The summed E-state index contributed by atoms with van der Waals surface area (Å²) in [5.41, 5.74) is 0.231. The number of rotatable bonds is 6. The lowest BCUT2D eigenvalue weighted by Crippen LogP contribution is -2.32. The normalized spacial score (nSPS) is 22.4. The molecule has 114 valence electrons. The number of esters is 1. The molecule has 0 heterocycles. The first-order chi connectivity index (χ1) is 9.85. The molecule has 1 saturated carbocycles. The van der Waals surface area contributed by atoms with E-state index in [2.05, 4.69) is 5.32 Å². The smallest absolute Gasteiger partial charge is 0.315 e. The Balaban J connectivity index is 1.65. The van der Waals surface area contributed by atoms with Gasteiger partial charge in [-0.05, 0) is 18.9 Å². The van der Waals surface area contributed by atoms with E-state index in [1.165, 1.54) is 0 Å². The third-order valence-electron chi connectivity index (χ3n) is 3.62. The number of nitrogens with one attached hydrogen (secondary N) is 1. The molecule has 1 N–H and O–H groups in total. The van der Waals surface area contributed by atoms with Crippen LogP contribution >= 0.6 is 23.2 Å². The maximum Gasteiger partial charge on any atom is 0.315 e. The van der Waals surface area contributed by atoms with Crippen LogP contribution < -0.4 is 5.32 Å². The van der Waals surface area contributed by atoms with Gasteiger partial charge in [-0.3, -0.25) is 9.59 Å². The zero-order valence-corrected chi connectivity index (χ0v) is 13.2. The predicted octanol–water partition coefficient (Wildman–Crippen LogP) is 2.47. The van der Waals surface area contributed by atoms with Crippen molar-refractivity contribution in [3.8, 4) is 0 Å². The van der Waals surface area contributed by atoms with Crippen LogP contribution in [0, 0.1) is 5.41 Å². The van der Waals surface area contributed by atoms with E-state index in [0.29, 0.717) is 13.0 Å². The number of halogens is 2. The monoisotopic (exact) mass is 329 g/mol. The molecule has 1 aliphatic rings. The third kappa shape index (κ3) is 3.89. The van der Waals surface area contributed by atoms with Gasteiger partial charge in [0.1, 0.15) is 9.75 Å². The first kappa shape index (κ1) is 16.1. The van der Waals surface area contributed by atoms with Gasteiger partial charge in [0.05, 0.1) is 0 Å². The molecular formula is C15H17Cl2NO3. The maximum atomic E-state index is 11.8. The summed E-state index contributed by atoms with van der Waals surface area (Å²) in [5, 5.41) is 2.70. The second-order valence-electron chi connectivity index (χ2n) is 5.38. The summed E-state index contributed by atoms with van der Waals surface area (Å²) in [6.45, 7) is 1.81. The molecular weight excluding hydrogens is 313 g/mol. The van der Waals surface area contributed by atoms with Gasteiger partial charge in [0, 0.05) is 13.0 Å². The predicted molar refractivity (Wildman–Crippen MR) is 81.3 cm³/mol. The van der Waals surface area contributed by atoms with Gasteiger partial charge >= 0.3 is 5.97 Å². The second kappa shape index (κ2) is 6.24. The van der Waals surface area contributed by atoms with Gasteiger partial charge in [0.15, 0.2) is 6.61 Å². The molecule has 1 amide bonds. The Kier molecular flexibility index (Phi) is 4.79. The number of hydrogen-bond donors (Lipinski definition) is 1. The van der Waals surface area contributed by atoms with E-state index in [1.54, 1.807) is 6.92 Å². The molecule has 21 heavy (non-hydrogen) atoms. The molecule has 6 heteroatoms. The molecule has 0 radical (unpaired) electrons. The molecule has 0 unspecified atom stereocenters. The molecule has 0 spiro atoms. The molecule has 0 saturated heterocycles. The number of carbonyl (C=O) groups excluding carboxylic acids is 2. The SMILES string of the molecule is C[C@]1(C(=O)OCC(=O)NCCc2ccccc2)CC1(Cl)Cl. The Morgan fingerprint density at radius 3 is 2.48 bits per heavy atom. The highest BCUT2D eigenvalue weighted by Gasteiger charge is 2.69. The van der Waals surface area contributed by atoms with Crippen LogP contribution in [-0.4, -0.2) is 29.4 Å². The van der Waals surface area contributed by atoms with Gasteiger partial charge < -0.3 is 10.1 Å². The van der Waals surface area contributed by atoms with Crippen molar-refractivity contribution in [3.63, 3.8) is 0 Å². The molecule has 1 atom stereocenters. The van der Waals surface area contributed by atoms with E-state index in [0.717, 1.165) is 12.0 Å². The highest BCUT2D eigenvalue weighted by Crippen LogP contribution is 2.64. The lowest BCUT2D eigenvalue weighted by Gasteiger charge is -2.11. The summed E-state index contributed by atoms with van der Waals surface area (Å²) in [4.78, 5) is 23.4. The fourth-order valence-corrected chi connectivity index (χ4v) is 2.64. The number of amides is 1. The number of carbonyl (C=O) groups is 2.